The molecule has 126 valence electrons. The molecule has 0 aliphatic rings. The lowest BCUT2D eigenvalue weighted by Crippen LogP contribution is -2.30. The lowest BCUT2D eigenvalue weighted by atomic mass is 10.1. The van der Waals surface area contributed by atoms with Crippen molar-refractivity contribution < 1.29 is 14.0 Å². The van der Waals surface area contributed by atoms with E-state index in [1.165, 1.54) is 0 Å². The van der Waals surface area contributed by atoms with Gasteiger partial charge in [0.25, 0.3) is 11.8 Å². The molecule has 0 atom stereocenters. The molecule has 2 aromatic carbocycles. The van der Waals surface area contributed by atoms with Gasteiger partial charge in [-0.1, -0.05) is 24.3 Å². The number of rotatable bonds is 4. The number of hydrazine groups is 2. The van der Waals surface area contributed by atoms with Gasteiger partial charge >= 0.3 is 0 Å². The second kappa shape index (κ2) is 6.91. The van der Waals surface area contributed by atoms with Crippen molar-refractivity contribution in [2.75, 3.05) is 0 Å². The van der Waals surface area contributed by atoms with Gasteiger partial charge in [-0.2, -0.15) is 0 Å². The van der Waals surface area contributed by atoms with Gasteiger partial charge in [0.1, 0.15) is 0 Å². The Bertz CT molecular complexity index is 863. The molecule has 3 rings (SSSR count). The number of nitrogens with zero attached hydrogens (tertiary/aromatic N) is 2. The number of nitrogens with two attached hydrogens (primary N) is 2. The molecule has 9 heteroatoms. The highest BCUT2D eigenvalue weighted by Gasteiger charge is 2.20. The lowest BCUT2D eigenvalue weighted by Gasteiger charge is -2.05. The van der Waals surface area contributed by atoms with Crippen molar-refractivity contribution in [1.29, 1.82) is 0 Å². The van der Waals surface area contributed by atoms with Crippen LogP contribution in [0.1, 0.15) is 20.7 Å². The van der Waals surface area contributed by atoms with E-state index in [4.69, 9.17) is 16.1 Å². The summed E-state index contributed by atoms with van der Waals surface area (Å²) in [7, 11) is 0. The van der Waals surface area contributed by atoms with Gasteiger partial charge in [0.05, 0.1) is 22.3 Å². The van der Waals surface area contributed by atoms with E-state index in [1.54, 1.807) is 48.5 Å². The second-order valence-electron chi connectivity index (χ2n) is 4.95. The van der Waals surface area contributed by atoms with Crippen LogP contribution in [0, 0.1) is 0 Å². The molecule has 9 nitrogen and oxygen atoms in total. The molecule has 0 saturated heterocycles. The first kappa shape index (κ1) is 16.3. The quantitative estimate of drug-likeness (QED) is 0.309. The molecule has 3 aromatic rings. The maximum Gasteiger partial charge on any atom is 0.265 e. The Hall–Kier alpha value is -3.56. The van der Waals surface area contributed by atoms with Crippen molar-refractivity contribution in [1.82, 2.24) is 21.0 Å². The van der Waals surface area contributed by atoms with Gasteiger partial charge in [-0.15, -0.1) is 10.2 Å². The largest absolute Gasteiger partial charge is 0.416 e. The number of carbonyl (C=O) groups excluding carboxylic acids is 2. The molecule has 0 unspecified atom stereocenters. The summed E-state index contributed by atoms with van der Waals surface area (Å²) in [6, 6.07) is 13.3. The summed E-state index contributed by atoms with van der Waals surface area (Å²) in [6.45, 7) is 0. The fraction of sp³-hybridized carbons (Fsp3) is 0. The van der Waals surface area contributed by atoms with Crippen molar-refractivity contribution in [3.05, 3.63) is 59.7 Å². The second-order valence-corrected chi connectivity index (χ2v) is 4.95. The van der Waals surface area contributed by atoms with Crippen molar-refractivity contribution in [3.8, 4) is 22.9 Å². The van der Waals surface area contributed by atoms with Crippen molar-refractivity contribution in [2.24, 2.45) is 11.7 Å². The number of hydrogen-bond donors (Lipinski definition) is 4. The summed E-state index contributed by atoms with van der Waals surface area (Å²) in [5.41, 5.74) is 5.55. The van der Waals surface area contributed by atoms with Gasteiger partial charge in [0, 0.05) is 0 Å². The van der Waals surface area contributed by atoms with E-state index in [1.807, 2.05) is 0 Å². The molecule has 6 N–H and O–H groups in total. The van der Waals surface area contributed by atoms with E-state index >= 15 is 0 Å². The molecule has 1 heterocycles. The lowest BCUT2D eigenvalue weighted by molar-refractivity contribution is 0.0946. The van der Waals surface area contributed by atoms with Gasteiger partial charge in [-0.3, -0.25) is 20.4 Å². The summed E-state index contributed by atoms with van der Waals surface area (Å²) < 4.78 is 5.66. The minimum absolute atomic E-state index is 0.122. The number of aromatic nitrogens is 2. The molecule has 25 heavy (non-hydrogen) atoms. The van der Waals surface area contributed by atoms with Crippen LogP contribution in [0.3, 0.4) is 0 Å². The SMILES string of the molecule is NNC(=O)c1ccccc1-c1nnc(-c2ccccc2C(=O)NN)o1. The molecule has 0 fully saturated rings. The van der Waals surface area contributed by atoms with Gasteiger partial charge in [-0.25, -0.2) is 11.7 Å². The van der Waals surface area contributed by atoms with Gasteiger partial charge in [0.15, 0.2) is 0 Å². The topological polar surface area (TPSA) is 149 Å². The molecule has 0 aliphatic heterocycles. The molecular weight excluding hydrogens is 324 g/mol. The minimum Gasteiger partial charge on any atom is -0.416 e. The zero-order valence-corrected chi connectivity index (χ0v) is 12.9. The fourth-order valence-electron chi connectivity index (χ4n) is 2.33. The molecular formula is C16H14N6O3. The van der Waals surface area contributed by atoms with E-state index in [0.29, 0.717) is 11.1 Å². The fourth-order valence-corrected chi connectivity index (χ4v) is 2.33. The molecule has 2 amide bonds. The first-order valence-electron chi connectivity index (χ1n) is 7.20. The van der Waals surface area contributed by atoms with Gasteiger partial charge < -0.3 is 4.42 Å². The molecule has 0 spiro atoms. The highest BCUT2D eigenvalue weighted by molar-refractivity contribution is 6.00. The Morgan fingerprint density at radius 1 is 0.760 bits per heavy atom. The van der Waals surface area contributed by atoms with Crippen LogP contribution in [0.2, 0.25) is 0 Å². The summed E-state index contributed by atoms with van der Waals surface area (Å²) >= 11 is 0. The summed E-state index contributed by atoms with van der Waals surface area (Å²) in [5, 5.41) is 7.93. The highest BCUT2D eigenvalue weighted by Crippen LogP contribution is 2.28. The number of hydrogen-bond acceptors (Lipinski definition) is 7. The van der Waals surface area contributed by atoms with Crippen LogP contribution in [0.4, 0.5) is 0 Å². The number of carbonyl (C=O) groups is 2. The molecule has 0 radical (unpaired) electrons. The third kappa shape index (κ3) is 3.09. The number of amides is 2. The first-order valence-corrected chi connectivity index (χ1v) is 7.20. The average Bonchev–Trinajstić information content (AvgIpc) is 3.16. The first-order chi connectivity index (χ1) is 12.2. The van der Waals surface area contributed by atoms with E-state index in [-0.39, 0.29) is 22.9 Å². The van der Waals surface area contributed by atoms with Crippen LogP contribution in [0.15, 0.2) is 52.9 Å². The van der Waals surface area contributed by atoms with Crippen LogP contribution in [-0.2, 0) is 0 Å². The van der Waals surface area contributed by atoms with E-state index < -0.39 is 11.8 Å². The number of benzene rings is 2. The third-order valence-electron chi connectivity index (χ3n) is 3.49. The van der Waals surface area contributed by atoms with Crippen LogP contribution >= 0.6 is 0 Å². The summed E-state index contributed by atoms with van der Waals surface area (Å²) in [6.07, 6.45) is 0. The number of nitrogen functional groups attached to an aromatic ring is 2. The Balaban J connectivity index is 2.06. The third-order valence-corrected chi connectivity index (χ3v) is 3.49. The highest BCUT2D eigenvalue weighted by atomic mass is 16.4. The standard InChI is InChI=1S/C16H14N6O3/c17-19-13(23)9-5-1-3-7-11(9)15-21-22-16(25-15)12-8-4-2-6-10(12)14(24)20-18/h1-8H,17-18H2,(H,19,23)(H,20,24). The maximum absolute atomic E-state index is 11.9. The monoisotopic (exact) mass is 338 g/mol. The molecule has 0 bridgehead atoms. The Morgan fingerprint density at radius 2 is 1.16 bits per heavy atom. The predicted octanol–water partition coefficient (Wildman–Crippen LogP) is 0.611. The Morgan fingerprint density at radius 3 is 1.56 bits per heavy atom. The van der Waals surface area contributed by atoms with E-state index in [9.17, 15) is 9.59 Å². The van der Waals surface area contributed by atoms with Gasteiger partial charge in [0.2, 0.25) is 11.8 Å². The normalized spacial score (nSPS) is 10.3. The van der Waals surface area contributed by atoms with E-state index in [0.717, 1.165) is 0 Å². The maximum atomic E-state index is 11.9. The van der Waals surface area contributed by atoms with Crippen LogP contribution in [0.25, 0.3) is 22.9 Å². The van der Waals surface area contributed by atoms with Gasteiger partial charge in [-0.05, 0) is 24.3 Å². The average molecular weight is 338 g/mol. The zero-order chi connectivity index (χ0) is 17.8. The summed E-state index contributed by atoms with van der Waals surface area (Å²) in [5.74, 6) is 9.66. The van der Waals surface area contributed by atoms with Crippen LogP contribution < -0.4 is 22.5 Å². The zero-order valence-electron chi connectivity index (χ0n) is 12.9. The molecule has 1 aromatic heterocycles. The van der Waals surface area contributed by atoms with E-state index in [2.05, 4.69) is 21.0 Å². The smallest absolute Gasteiger partial charge is 0.265 e. The molecule has 0 aliphatic carbocycles. The Labute approximate surface area is 142 Å². The molecule has 0 saturated carbocycles. The summed E-state index contributed by atoms with van der Waals surface area (Å²) in [4.78, 5) is 23.7. The van der Waals surface area contributed by atoms with Crippen molar-refractivity contribution >= 4 is 11.8 Å². The number of nitrogens with one attached hydrogen (secondary N) is 2. The van der Waals surface area contributed by atoms with Crippen LogP contribution in [-0.4, -0.2) is 22.0 Å². The predicted molar refractivity (Wildman–Crippen MR) is 88.5 cm³/mol. The Kier molecular flexibility index (Phi) is 4.50. The van der Waals surface area contributed by atoms with Crippen molar-refractivity contribution in [3.63, 3.8) is 0 Å². The van der Waals surface area contributed by atoms with Crippen molar-refractivity contribution in [2.45, 2.75) is 0 Å². The van der Waals surface area contributed by atoms with Crippen LogP contribution in [0.5, 0.6) is 0 Å². The minimum atomic E-state index is -0.488.